The van der Waals surface area contributed by atoms with Crippen LogP contribution in [0.5, 0.6) is 0 Å². The van der Waals surface area contributed by atoms with E-state index in [1.807, 2.05) is 0 Å². The zero-order chi connectivity index (χ0) is 12.2. The van der Waals surface area contributed by atoms with Gasteiger partial charge in [0.1, 0.15) is 0 Å². The molecule has 1 heterocycles. The molecule has 0 amide bonds. The van der Waals surface area contributed by atoms with Gasteiger partial charge in [-0.05, 0) is 47.6 Å². The lowest BCUT2D eigenvalue weighted by molar-refractivity contribution is 0.473. The first-order chi connectivity index (χ1) is 7.94. The van der Waals surface area contributed by atoms with Gasteiger partial charge in [-0.1, -0.05) is 31.5 Å². The lowest BCUT2D eigenvalue weighted by Gasteiger charge is -2.28. The minimum absolute atomic E-state index is 0.249. The molecule has 0 bridgehead atoms. The highest BCUT2D eigenvalue weighted by Gasteiger charge is 2.24. The summed E-state index contributed by atoms with van der Waals surface area (Å²) in [5.41, 5.74) is 5.37. The molecular weight excluding hydrogens is 250 g/mol. The van der Waals surface area contributed by atoms with Gasteiger partial charge in [0, 0.05) is 0 Å². The minimum atomic E-state index is 0.249. The summed E-state index contributed by atoms with van der Waals surface area (Å²) in [4.78, 5) is 4.35. The van der Waals surface area contributed by atoms with Crippen molar-refractivity contribution in [3.05, 3.63) is 33.8 Å². The molecule has 1 aromatic heterocycles. The number of hydrogen-bond donors (Lipinski definition) is 0. The summed E-state index contributed by atoms with van der Waals surface area (Å²) >= 11 is 7.54. The highest BCUT2D eigenvalue weighted by Crippen LogP contribution is 2.39. The Morgan fingerprint density at radius 2 is 2.12 bits per heavy atom. The number of fused-ring (bicyclic) bond motifs is 2. The number of halogens is 1. The molecule has 0 spiro atoms. The highest BCUT2D eigenvalue weighted by molar-refractivity contribution is 7.22. The molecule has 0 saturated carbocycles. The maximum absolute atomic E-state index is 5.97. The Balaban J connectivity index is 2.27. The Hall–Kier alpha value is -0.860. The lowest BCUT2D eigenvalue weighted by Crippen LogP contribution is -2.17. The molecule has 2 aromatic rings. The van der Waals surface area contributed by atoms with Crippen molar-refractivity contribution in [3.8, 4) is 0 Å². The van der Waals surface area contributed by atoms with Gasteiger partial charge in [0.15, 0.2) is 4.47 Å². The van der Waals surface area contributed by atoms with E-state index in [2.05, 4.69) is 44.0 Å². The van der Waals surface area contributed by atoms with Gasteiger partial charge in [0.25, 0.3) is 0 Å². The summed E-state index contributed by atoms with van der Waals surface area (Å²) in [7, 11) is 0. The number of rotatable bonds is 0. The molecule has 0 unspecified atom stereocenters. The van der Waals surface area contributed by atoms with Crippen molar-refractivity contribution in [2.75, 3.05) is 0 Å². The molecule has 1 aliphatic carbocycles. The van der Waals surface area contributed by atoms with Crippen LogP contribution in [0, 0.1) is 5.41 Å². The topological polar surface area (TPSA) is 12.9 Å². The van der Waals surface area contributed by atoms with Gasteiger partial charge >= 0.3 is 0 Å². The molecule has 17 heavy (non-hydrogen) atoms. The van der Waals surface area contributed by atoms with E-state index in [1.165, 1.54) is 21.4 Å². The Morgan fingerprint density at radius 1 is 1.35 bits per heavy atom. The van der Waals surface area contributed by atoms with Crippen molar-refractivity contribution in [2.24, 2.45) is 5.41 Å². The molecule has 1 aliphatic rings. The number of aromatic nitrogens is 1. The Morgan fingerprint density at radius 3 is 2.88 bits per heavy atom. The van der Waals surface area contributed by atoms with Crippen LogP contribution in [-0.4, -0.2) is 4.98 Å². The molecule has 3 heteroatoms. The zero-order valence-corrected chi connectivity index (χ0v) is 11.7. The van der Waals surface area contributed by atoms with E-state index in [4.69, 9.17) is 11.6 Å². The number of hydrogen-bond acceptors (Lipinski definition) is 2. The Labute approximate surface area is 110 Å². The summed E-state index contributed by atoms with van der Waals surface area (Å²) in [6.45, 7) is 6.74. The fraction of sp³-hybridized carbons (Fsp3) is 0.357. The first-order valence-electron chi connectivity index (χ1n) is 5.73. The van der Waals surface area contributed by atoms with E-state index >= 15 is 0 Å². The van der Waals surface area contributed by atoms with E-state index in [0.29, 0.717) is 4.47 Å². The Bertz CT molecular complexity index is 637. The Kier molecular flexibility index (Phi) is 2.36. The minimum Gasteiger partial charge on any atom is -0.225 e. The van der Waals surface area contributed by atoms with E-state index in [1.54, 1.807) is 11.3 Å². The largest absolute Gasteiger partial charge is 0.225 e. The summed E-state index contributed by atoms with van der Waals surface area (Å²) < 4.78 is 1.82. The van der Waals surface area contributed by atoms with Crippen LogP contribution in [0.2, 0.25) is 4.47 Å². The van der Waals surface area contributed by atoms with Crippen molar-refractivity contribution in [1.82, 2.24) is 4.98 Å². The van der Waals surface area contributed by atoms with Crippen molar-refractivity contribution in [3.63, 3.8) is 0 Å². The predicted molar refractivity (Wildman–Crippen MR) is 75.8 cm³/mol. The molecule has 0 radical (unpaired) electrons. The summed E-state index contributed by atoms with van der Waals surface area (Å²) in [5.74, 6) is 0. The van der Waals surface area contributed by atoms with Crippen LogP contribution in [0.15, 0.2) is 18.2 Å². The number of allylic oxidation sites excluding steroid dienone is 2. The normalized spacial score (nSPS) is 18.0. The smallest absolute Gasteiger partial charge is 0.184 e. The molecule has 0 N–H and O–H groups in total. The summed E-state index contributed by atoms with van der Waals surface area (Å²) in [6, 6.07) is 4.43. The SMILES string of the molecule is CC1=CC(C)(C)Cc2cc3sc(Cl)nc3cc21. The third-order valence-corrected chi connectivity index (χ3v) is 4.39. The van der Waals surface area contributed by atoms with E-state index < -0.39 is 0 Å². The summed E-state index contributed by atoms with van der Waals surface area (Å²) in [6.07, 6.45) is 3.44. The second kappa shape index (κ2) is 3.56. The molecule has 0 fully saturated rings. The zero-order valence-electron chi connectivity index (χ0n) is 10.2. The lowest BCUT2D eigenvalue weighted by atomic mass is 9.76. The van der Waals surface area contributed by atoms with Gasteiger partial charge in [-0.2, -0.15) is 0 Å². The number of thiazole rings is 1. The average molecular weight is 264 g/mol. The third-order valence-electron chi connectivity index (χ3n) is 3.27. The van der Waals surface area contributed by atoms with Crippen molar-refractivity contribution in [1.29, 1.82) is 0 Å². The number of benzene rings is 1. The second-order valence-electron chi connectivity index (χ2n) is 5.44. The molecule has 0 saturated heterocycles. The molecule has 1 nitrogen and oxygen atoms in total. The third kappa shape index (κ3) is 1.90. The van der Waals surface area contributed by atoms with E-state index in [9.17, 15) is 0 Å². The van der Waals surface area contributed by atoms with Crippen molar-refractivity contribution >= 4 is 38.7 Å². The van der Waals surface area contributed by atoms with Crippen LogP contribution in [0.4, 0.5) is 0 Å². The fourth-order valence-corrected chi connectivity index (χ4v) is 3.78. The molecular formula is C14H14ClNS. The molecule has 3 rings (SSSR count). The van der Waals surface area contributed by atoms with Gasteiger partial charge in [0.2, 0.25) is 0 Å². The van der Waals surface area contributed by atoms with Gasteiger partial charge in [-0.25, -0.2) is 4.98 Å². The first-order valence-corrected chi connectivity index (χ1v) is 6.93. The fourth-order valence-electron chi connectivity index (χ4n) is 2.71. The predicted octanol–water partition coefficient (Wildman–Crippen LogP) is 4.94. The van der Waals surface area contributed by atoms with Crippen LogP contribution >= 0.6 is 22.9 Å². The summed E-state index contributed by atoms with van der Waals surface area (Å²) in [5, 5.41) is 0. The second-order valence-corrected chi connectivity index (χ2v) is 7.05. The monoisotopic (exact) mass is 263 g/mol. The van der Waals surface area contributed by atoms with Gasteiger partial charge < -0.3 is 0 Å². The van der Waals surface area contributed by atoms with Gasteiger partial charge in [-0.3, -0.25) is 0 Å². The number of nitrogens with zero attached hydrogens (tertiary/aromatic N) is 1. The highest BCUT2D eigenvalue weighted by atomic mass is 35.5. The van der Waals surface area contributed by atoms with Crippen molar-refractivity contribution in [2.45, 2.75) is 27.2 Å². The maximum atomic E-state index is 5.97. The standard InChI is InChI=1S/C14H14ClNS/c1-8-6-14(2,3)7-9-4-12-11(5-10(8)9)16-13(15)17-12/h4-6H,7H2,1-3H3. The van der Waals surface area contributed by atoms with Crippen LogP contribution in [0.1, 0.15) is 31.9 Å². The van der Waals surface area contributed by atoms with Gasteiger partial charge in [0.05, 0.1) is 10.2 Å². The van der Waals surface area contributed by atoms with E-state index in [-0.39, 0.29) is 5.41 Å². The molecule has 88 valence electrons. The molecule has 0 atom stereocenters. The average Bonchev–Trinajstić information content (AvgIpc) is 2.52. The molecule has 0 aliphatic heterocycles. The molecule has 1 aromatic carbocycles. The van der Waals surface area contributed by atoms with Crippen LogP contribution < -0.4 is 0 Å². The van der Waals surface area contributed by atoms with Crippen molar-refractivity contribution < 1.29 is 0 Å². The van der Waals surface area contributed by atoms with E-state index in [0.717, 1.165) is 11.9 Å². The van der Waals surface area contributed by atoms with Crippen LogP contribution in [0.25, 0.3) is 15.8 Å². The van der Waals surface area contributed by atoms with Crippen LogP contribution in [-0.2, 0) is 6.42 Å². The quantitative estimate of drug-likeness (QED) is 0.656. The first kappa shape index (κ1) is 11.2. The maximum Gasteiger partial charge on any atom is 0.184 e. The van der Waals surface area contributed by atoms with Gasteiger partial charge in [-0.15, -0.1) is 11.3 Å². The van der Waals surface area contributed by atoms with Crippen LogP contribution in [0.3, 0.4) is 0 Å².